The van der Waals surface area contributed by atoms with Crippen molar-refractivity contribution in [1.29, 1.82) is 0 Å². The Morgan fingerprint density at radius 2 is 2.00 bits per heavy atom. The van der Waals surface area contributed by atoms with Crippen molar-refractivity contribution in [2.24, 2.45) is 5.92 Å². The summed E-state index contributed by atoms with van der Waals surface area (Å²) < 4.78 is 27.1. The molecule has 0 saturated carbocycles. The van der Waals surface area contributed by atoms with Crippen LogP contribution in [0.2, 0.25) is 0 Å². The molecule has 0 bridgehead atoms. The second kappa shape index (κ2) is 7.75. The molecule has 1 aromatic heterocycles. The van der Waals surface area contributed by atoms with Gasteiger partial charge in [0.25, 0.3) is 10.0 Å². The Morgan fingerprint density at radius 3 is 2.60 bits per heavy atom. The van der Waals surface area contributed by atoms with Gasteiger partial charge in [0, 0.05) is 24.3 Å². The molecule has 0 fully saturated rings. The van der Waals surface area contributed by atoms with Crippen molar-refractivity contribution in [2.45, 2.75) is 51.6 Å². The lowest BCUT2D eigenvalue weighted by Crippen LogP contribution is -2.26. The summed E-state index contributed by atoms with van der Waals surface area (Å²) in [5.41, 5.74) is 1.47. The third-order valence-corrected chi connectivity index (χ3v) is 4.58. The molecule has 20 heavy (non-hydrogen) atoms. The van der Waals surface area contributed by atoms with E-state index in [-0.39, 0.29) is 5.03 Å². The lowest BCUT2D eigenvalue weighted by atomic mass is 10.1. The summed E-state index contributed by atoms with van der Waals surface area (Å²) in [6.45, 7) is 7.09. The Hall–Kier alpha value is -0.920. The average Bonchev–Trinajstić information content (AvgIpc) is 2.71. The van der Waals surface area contributed by atoms with Gasteiger partial charge in [0.15, 0.2) is 5.03 Å². The molecule has 1 heterocycles. The quantitative estimate of drug-likeness (QED) is 0.604. The number of rotatable bonds is 9. The van der Waals surface area contributed by atoms with Gasteiger partial charge in [-0.2, -0.15) is 5.10 Å². The number of nitrogens with zero attached hydrogens (tertiary/aromatic N) is 1. The van der Waals surface area contributed by atoms with Gasteiger partial charge in [-0.05, 0) is 26.3 Å². The summed E-state index contributed by atoms with van der Waals surface area (Å²) >= 11 is 0. The number of H-pyrrole nitrogens is 1. The minimum Gasteiger partial charge on any atom is -0.316 e. The van der Waals surface area contributed by atoms with E-state index in [9.17, 15) is 8.42 Å². The fourth-order valence-corrected chi connectivity index (χ4v) is 3.25. The van der Waals surface area contributed by atoms with E-state index in [0.29, 0.717) is 24.6 Å². The molecule has 1 aromatic rings. The van der Waals surface area contributed by atoms with E-state index in [1.807, 2.05) is 6.92 Å². The minimum absolute atomic E-state index is 0.105. The zero-order valence-electron chi connectivity index (χ0n) is 12.8. The highest BCUT2D eigenvalue weighted by Crippen LogP contribution is 2.16. The van der Waals surface area contributed by atoms with Gasteiger partial charge in [-0.3, -0.25) is 5.10 Å². The molecule has 0 aliphatic rings. The van der Waals surface area contributed by atoms with Gasteiger partial charge in [-0.1, -0.05) is 26.7 Å². The molecule has 6 nitrogen and oxygen atoms in total. The largest absolute Gasteiger partial charge is 0.316 e. The lowest BCUT2D eigenvalue weighted by Gasteiger charge is -2.08. The first-order valence-electron chi connectivity index (χ1n) is 7.06. The van der Waals surface area contributed by atoms with Crippen molar-refractivity contribution >= 4 is 10.0 Å². The molecule has 1 rings (SSSR count). The monoisotopic (exact) mass is 302 g/mol. The van der Waals surface area contributed by atoms with Crippen LogP contribution in [-0.4, -0.2) is 32.2 Å². The molecule has 7 heteroatoms. The number of hydrogen-bond acceptors (Lipinski definition) is 4. The average molecular weight is 302 g/mol. The summed E-state index contributed by atoms with van der Waals surface area (Å²) in [5, 5.41) is 9.72. The molecule has 3 N–H and O–H groups in total. The Labute approximate surface area is 121 Å². The third kappa shape index (κ3) is 4.88. The van der Waals surface area contributed by atoms with Crippen LogP contribution in [0.5, 0.6) is 0 Å². The Bertz CT molecular complexity index is 508. The first kappa shape index (κ1) is 17.1. The number of sulfonamides is 1. The van der Waals surface area contributed by atoms with Gasteiger partial charge in [0.2, 0.25) is 0 Å². The highest BCUT2D eigenvalue weighted by molar-refractivity contribution is 7.89. The van der Waals surface area contributed by atoms with Crippen molar-refractivity contribution in [3.8, 4) is 0 Å². The third-order valence-electron chi connectivity index (χ3n) is 3.14. The van der Waals surface area contributed by atoms with Crippen LogP contribution in [-0.2, 0) is 16.6 Å². The van der Waals surface area contributed by atoms with Gasteiger partial charge >= 0.3 is 0 Å². The van der Waals surface area contributed by atoms with Gasteiger partial charge in [0.05, 0.1) is 0 Å². The van der Waals surface area contributed by atoms with Crippen molar-refractivity contribution in [3.63, 3.8) is 0 Å². The van der Waals surface area contributed by atoms with Crippen LogP contribution in [0.15, 0.2) is 5.03 Å². The molecule has 0 atom stereocenters. The van der Waals surface area contributed by atoms with E-state index in [1.165, 1.54) is 0 Å². The number of hydrogen-bond donors (Lipinski definition) is 3. The summed E-state index contributed by atoms with van der Waals surface area (Å²) in [6.07, 6.45) is 3.00. The Morgan fingerprint density at radius 1 is 1.30 bits per heavy atom. The van der Waals surface area contributed by atoms with Crippen LogP contribution in [0.1, 0.15) is 44.4 Å². The normalized spacial score (nSPS) is 12.2. The molecule has 0 saturated heterocycles. The van der Waals surface area contributed by atoms with E-state index in [1.54, 1.807) is 7.05 Å². The first-order valence-corrected chi connectivity index (χ1v) is 8.55. The standard InChI is InChI=1S/C13H26N4O2S/c1-10(2)7-5-6-8-15-20(18,19)13-12(9-14-4)11(3)16-17-13/h10,14-15H,5-9H2,1-4H3,(H,16,17). The summed E-state index contributed by atoms with van der Waals surface area (Å²) in [7, 11) is -1.75. The van der Waals surface area contributed by atoms with Crippen LogP contribution < -0.4 is 10.0 Å². The number of nitrogens with one attached hydrogen (secondary N) is 3. The number of aryl methyl sites for hydroxylation is 1. The summed E-state index contributed by atoms with van der Waals surface area (Å²) in [5.74, 6) is 0.655. The van der Waals surface area contributed by atoms with Crippen LogP contribution in [0.25, 0.3) is 0 Å². The van der Waals surface area contributed by atoms with E-state index >= 15 is 0 Å². The maximum absolute atomic E-state index is 12.2. The molecule has 0 amide bonds. The SMILES string of the molecule is CNCc1c(S(=O)(=O)NCCCCC(C)C)n[nH]c1C. The Balaban J connectivity index is 2.60. The van der Waals surface area contributed by atoms with Crippen molar-refractivity contribution in [2.75, 3.05) is 13.6 Å². The van der Waals surface area contributed by atoms with Crippen molar-refractivity contribution < 1.29 is 8.42 Å². The van der Waals surface area contributed by atoms with Crippen LogP contribution in [0.4, 0.5) is 0 Å². The van der Waals surface area contributed by atoms with Gasteiger partial charge in [-0.25, -0.2) is 13.1 Å². The fraction of sp³-hybridized carbons (Fsp3) is 0.769. The molecule has 0 radical (unpaired) electrons. The van der Waals surface area contributed by atoms with E-state index in [2.05, 4.69) is 34.1 Å². The maximum Gasteiger partial charge on any atom is 0.260 e. The zero-order chi connectivity index (χ0) is 15.2. The molecule has 0 aromatic carbocycles. The molecule has 0 aliphatic heterocycles. The summed E-state index contributed by atoms with van der Waals surface area (Å²) in [4.78, 5) is 0. The fourth-order valence-electron chi connectivity index (χ4n) is 1.99. The van der Waals surface area contributed by atoms with Gasteiger partial charge < -0.3 is 5.32 Å². The first-order chi connectivity index (χ1) is 9.38. The number of aromatic nitrogens is 2. The predicted molar refractivity (Wildman–Crippen MR) is 80.0 cm³/mol. The molecular weight excluding hydrogens is 276 g/mol. The van der Waals surface area contributed by atoms with Crippen LogP contribution >= 0.6 is 0 Å². The zero-order valence-corrected chi connectivity index (χ0v) is 13.6. The molecule has 0 aliphatic carbocycles. The molecular formula is C13H26N4O2S. The van der Waals surface area contributed by atoms with E-state index in [4.69, 9.17) is 0 Å². The van der Waals surface area contributed by atoms with Gasteiger partial charge in [0.1, 0.15) is 0 Å². The minimum atomic E-state index is -3.53. The maximum atomic E-state index is 12.2. The summed E-state index contributed by atoms with van der Waals surface area (Å²) in [6, 6.07) is 0. The predicted octanol–water partition coefficient (Wildman–Crippen LogP) is 1.54. The molecule has 0 spiro atoms. The topological polar surface area (TPSA) is 86.9 Å². The van der Waals surface area contributed by atoms with Crippen molar-refractivity contribution in [1.82, 2.24) is 20.2 Å². The van der Waals surface area contributed by atoms with E-state index < -0.39 is 10.0 Å². The highest BCUT2D eigenvalue weighted by Gasteiger charge is 2.22. The lowest BCUT2D eigenvalue weighted by molar-refractivity contribution is 0.529. The van der Waals surface area contributed by atoms with E-state index in [0.717, 1.165) is 25.0 Å². The second-order valence-electron chi connectivity index (χ2n) is 5.45. The van der Waals surface area contributed by atoms with Crippen LogP contribution in [0.3, 0.4) is 0 Å². The molecule has 0 unspecified atom stereocenters. The second-order valence-corrected chi connectivity index (χ2v) is 7.13. The Kier molecular flexibility index (Phi) is 6.64. The number of unbranched alkanes of at least 4 members (excludes halogenated alkanes) is 1. The number of aromatic amines is 1. The highest BCUT2D eigenvalue weighted by atomic mass is 32.2. The molecule has 116 valence electrons. The van der Waals surface area contributed by atoms with Gasteiger partial charge in [-0.15, -0.1) is 0 Å². The smallest absolute Gasteiger partial charge is 0.260 e. The van der Waals surface area contributed by atoms with Crippen molar-refractivity contribution in [3.05, 3.63) is 11.3 Å². The van der Waals surface area contributed by atoms with Crippen LogP contribution in [0, 0.1) is 12.8 Å².